The minimum Gasteiger partial charge on any atom is -0.436 e. The molecular formula is C16H15NO3S2. The molecule has 2 aromatic carbocycles. The van der Waals surface area contributed by atoms with E-state index in [9.17, 15) is 8.42 Å². The molecule has 0 bridgehead atoms. The third-order valence-electron chi connectivity index (χ3n) is 3.43. The van der Waals surface area contributed by atoms with E-state index in [-0.39, 0.29) is 10.6 Å². The van der Waals surface area contributed by atoms with Gasteiger partial charge in [-0.05, 0) is 36.6 Å². The summed E-state index contributed by atoms with van der Waals surface area (Å²) >= 11 is 1.62. The van der Waals surface area contributed by atoms with Crippen LogP contribution in [0.3, 0.4) is 0 Å². The lowest BCUT2D eigenvalue weighted by molar-refractivity contribution is 0.594. The van der Waals surface area contributed by atoms with Crippen LogP contribution < -0.4 is 0 Å². The first kappa shape index (κ1) is 15.1. The highest BCUT2D eigenvalue weighted by Gasteiger charge is 2.20. The Labute approximate surface area is 133 Å². The van der Waals surface area contributed by atoms with E-state index in [0.717, 1.165) is 10.4 Å². The molecule has 0 unspecified atom stereocenters. The maximum absolute atomic E-state index is 12.2. The molecule has 22 heavy (non-hydrogen) atoms. The third kappa shape index (κ3) is 2.64. The Kier molecular flexibility index (Phi) is 3.97. The summed E-state index contributed by atoms with van der Waals surface area (Å²) in [6.45, 7) is 1.63. The molecule has 0 radical (unpaired) electrons. The summed E-state index contributed by atoms with van der Waals surface area (Å²) in [5.74, 6) is 0.377. The van der Waals surface area contributed by atoms with Gasteiger partial charge >= 0.3 is 0 Å². The molecule has 0 aliphatic rings. The van der Waals surface area contributed by atoms with Crippen LogP contribution in [0.15, 0.2) is 56.7 Å². The first-order valence-electron chi connectivity index (χ1n) is 6.82. The van der Waals surface area contributed by atoms with Crippen molar-refractivity contribution in [3.63, 3.8) is 0 Å². The fourth-order valence-corrected chi connectivity index (χ4v) is 3.74. The Morgan fingerprint density at radius 1 is 1.18 bits per heavy atom. The number of rotatable bonds is 4. The smallest absolute Gasteiger partial charge is 0.228 e. The van der Waals surface area contributed by atoms with Crippen molar-refractivity contribution in [2.24, 2.45) is 0 Å². The van der Waals surface area contributed by atoms with Crippen LogP contribution in [0, 0.1) is 0 Å². The molecular weight excluding hydrogens is 318 g/mol. The zero-order valence-corrected chi connectivity index (χ0v) is 13.9. The van der Waals surface area contributed by atoms with Crippen molar-refractivity contribution in [3.05, 3.63) is 42.5 Å². The zero-order valence-electron chi connectivity index (χ0n) is 12.2. The number of nitrogens with zero attached hydrogens (tertiary/aromatic N) is 1. The molecule has 4 nitrogen and oxygen atoms in total. The minimum absolute atomic E-state index is 0.0425. The van der Waals surface area contributed by atoms with Gasteiger partial charge in [-0.3, -0.25) is 0 Å². The maximum atomic E-state index is 12.2. The number of fused-ring (bicyclic) bond motifs is 1. The zero-order chi connectivity index (χ0) is 15.7. The van der Waals surface area contributed by atoms with E-state index in [2.05, 4.69) is 4.98 Å². The molecule has 0 saturated carbocycles. The van der Waals surface area contributed by atoms with E-state index in [0.29, 0.717) is 17.0 Å². The normalized spacial score (nSPS) is 11.9. The predicted octanol–water partition coefficient (Wildman–Crippen LogP) is 4.01. The standard InChI is InChI=1S/C16H15NO3S2/c1-3-22(18,19)15-7-5-4-6-12(15)16-17-13-10-11(21-2)8-9-14(13)20-16/h4-10H,3H2,1-2H3. The molecule has 0 saturated heterocycles. The van der Waals surface area contributed by atoms with Crippen molar-refractivity contribution in [3.8, 4) is 11.5 Å². The van der Waals surface area contributed by atoms with Crippen molar-refractivity contribution in [2.75, 3.05) is 12.0 Å². The molecule has 0 fully saturated rings. The SMILES string of the molecule is CCS(=O)(=O)c1ccccc1-c1nc2cc(SC)ccc2o1. The molecule has 114 valence electrons. The first-order chi connectivity index (χ1) is 10.5. The Morgan fingerprint density at radius 2 is 1.95 bits per heavy atom. The molecule has 0 N–H and O–H groups in total. The Bertz CT molecular complexity index is 929. The molecule has 0 atom stereocenters. The van der Waals surface area contributed by atoms with E-state index in [1.54, 1.807) is 43.0 Å². The number of thioether (sulfide) groups is 1. The van der Waals surface area contributed by atoms with Gasteiger partial charge < -0.3 is 4.42 Å². The van der Waals surface area contributed by atoms with Gasteiger partial charge in [-0.1, -0.05) is 19.1 Å². The Hall–Kier alpha value is -1.79. The van der Waals surface area contributed by atoms with Crippen molar-refractivity contribution >= 4 is 32.7 Å². The second kappa shape index (κ2) is 5.78. The van der Waals surface area contributed by atoms with Crippen LogP contribution >= 0.6 is 11.8 Å². The average molecular weight is 333 g/mol. The number of benzene rings is 2. The van der Waals surface area contributed by atoms with Crippen LogP contribution in [-0.2, 0) is 9.84 Å². The number of oxazole rings is 1. The van der Waals surface area contributed by atoms with Gasteiger partial charge in [-0.2, -0.15) is 0 Å². The van der Waals surface area contributed by atoms with Crippen molar-refractivity contribution in [2.45, 2.75) is 16.7 Å². The minimum atomic E-state index is -3.33. The quantitative estimate of drug-likeness (QED) is 0.675. The number of sulfone groups is 1. The van der Waals surface area contributed by atoms with Gasteiger partial charge in [0.15, 0.2) is 15.4 Å². The number of hydrogen-bond acceptors (Lipinski definition) is 5. The lowest BCUT2D eigenvalue weighted by Crippen LogP contribution is -2.05. The number of aromatic nitrogens is 1. The molecule has 6 heteroatoms. The summed E-state index contributed by atoms with van der Waals surface area (Å²) in [4.78, 5) is 5.80. The topological polar surface area (TPSA) is 60.2 Å². The number of hydrogen-bond donors (Lipinski definition) is 0. The van der Waals surface area contributed by atoms with Crippen LogP contribution in [0.4, 0.5) is 0 Å². The van der Waals surface area contributed by atoms with Gasteiger partial charge in [0.1, 0.15) is 5.52 Å². The molecule has 3 aromatic rings. The van der Waals surface area contributed by atoms with Crippen LogP contribution in [0.2, 0.25) is 0 Å². The summed E-state index contributed by atoms with van der Waals surface area (Å²) in [6, 6.07) is 12.6. The van der Waals surface area contributed by atoms with Crippen LogP contribution in [0.1, 0.15) is 6.92 Å². The molecule has 0 aliphatic heterocycles. The second-order valence-electron chi connectivity index (χ2n) is 4.75. The fraction of sp³-hybridized carbons (Fsp3) is 0.188. The second-order valence-corrected chi connectivity index (χ2v) is 7.88. The molecule has 3 rings (SSSR count). The lowest BCUT2D eigenvalue weighted by Gasteiger charge is -2.05. The average Bonchev–Trinajstić information content (AvgIpc) is 2.97. The highest BCUT2D eigenvalue weighted by Crippen LogP contribution is 2.31. The third-order valence-corrected chi connectivity index (χ3v) is 5.94. The van der Waals surface area contributed by atoms with Gasteiger partial charge in [-0.25, -0.2) is 13.4 Å². The lowest BCUT2D eigenvalue weighted by atomic mass is 10.2. The highest BCUT2D eigenvalue weighted by molar-refractivity contribution is 7.98. The molecule has 0 amide bonds. The van der Waals surface area contributed by atoms with Crippen LogP contribution in [0.5, 0.6) is 0 Å². The molecule has 0 spiro atoms. The van der Waals surface area contributed by atoms with E-state index in [1.165, 1.54) is 0 Å². The van der Waals surface area contributed by atoms with Gasteiger partial charge in [0.25, 0.3) is 0 Å². The van der Waals surface area contributed by atoms with Crippen LogP contribution in [-0.4, -0.2) is 25.4 Å². The first-order valence-corrected chi connectivity index (χ1v) is 9.69. The molecule has 0 aliphatic carbocycles. The predicted molar refractivity (Wildman–Crippen MR) is 89.0 cm³/mol. The van der Waals surface area contributed by atoms with E-state index < -0.39 is 9.84 Å². The van der Waals surface area contributed by atoms with Gasteiger partial charge in [-0.15, -0.1) is 11.8 Å². The van der Waals surface area contributed by atoms with Crippen molar-refractivity contribution < 1.29 is 12.8 Å². The Morgan fingerprint density at radius 3 is 2.68 bits per heavy atom. The Balaban J connectivity index is 2.20. The van der Waals surface area contributed by atoms with E-state index in [4.69, 9.17) is 4.42 Å². The monoisotopic (exact) mass is 333 g/mol. The van der Waals surface area contributed by atoms with E-state index in [1.807, 2.05) is 24.5 Å². The molecule has 1 heterocycles. The van der Waals surface area contributed by atoms with Crippen molar-refractivity contribution in [1.82, 2.24) is 4.98 Å². The summed E-state index contributed by atoms with van der Waals surface area (Å²) < 4.78 is 30.2. The summed E-state index contributed by atoms with van der Waals surface area (Å²) in [6.07, 6.45) is 1.99. The maximum Gasteiger partial charge on any atom is 0.228 e. The summed E-state index contributed by atoms with van der Waals surface area (Å²) in [5, 5.41) is 0. The van der Waals surface area contributed by atoms with Gasteiger partial charge in [0.2, 0.25) is 5.89 Å². The van der Waals surface area contributed by atoms with Gasteiger partial charge in [0, 0.05) is 4.90 Å². The highest BCUT2D eigenvalue weighted by atomic mass is 32.2. The summed E-state index contributed by atoms with van der Waals surface area (Å²) in [7, 11) is -3.33. The fourth-order valence-electron chi connectivity index (χ4n) is 2.22. The van der Waals surface area contributed by atoms with Crippen LogP contribution in [0.25, 0.3) is 22.6 Å². The largest absolute Gasteiger partial charge is 0.436 e. The molecule has 1 aromatic heterocycles. The van der Waals surface area contributed by atoms with Gasteiger partial charge in [0.05, 0.1) is 16.2 Å². The van der Waals surface area contributed by atoms with Crippen molar-refractivity contribution in [1.29, 1.82) is 0 Å². The summed E-state index contributed by atoms with van der Waals surface area (Å²) in [5.41, 5.74) is 1.88. The van der Waals surface area contributed by atoms with E-state index >= 15 is 0 Å².